The summed E-state index contributed by atoms with van der Waals surface area (Å²) >= 11 is 0. The van der Waals surface area contributed by atoms with Crippen molar-refractivity contribution < 1.29 is 9.72 Å². The Morgan fingerprint density at radius 1 is 1.55 bits per heavy atom. The fraction of sp³-hybridized carbons (Fsp3) is 0.538. The van der Waals surface area contributed by atoms with E-state index in [4.69, 9.17) is 0 Å². The maximum Gasteiger partial charge on any atom is 0.277 e. The molecular weight excluding hydrogens is 260 g/mol. The van der Waals surface area contributed by atoms with Crippen LogP contribution in [0, 0.1) is 17.0 Å². The molecule has 0 radical (unpaired) electrons. The van der Waals surface area contributed by atoms with Crippen LogP contribution in [0.1, 0.15) is 32.3 Å². The van der Waals surface area contributed by atoms with Crippen molar-refractivity contribution >= 4 is 17.4 Å². The van der Waals surface area contributed by atoms with E-state index >= 15 is 0 Å². The lowest BCUT2D eigenvalue weighted by atomic mass is 10.2. The first-order valence-corrected chi connectivity index (χ1v) is 6.58. The number of hydrogen-bond acceptors (Lipinski definition) is 5. The summed E-state index contributed by atoms with van der Waals surface area (Å²) in [5.74, 6) is 0.354. The summed E-state index contributed by atoms with van der Waals surface area (Å²) in [6, 6.07) is 1.53. The van der Waals surface area contributed by atoms with E-state index in [0.717, 1.165) is 6.42 Å². The van der Waals surface area contributed by atoms with Crippen molar-refractivity contribution in [3.8, 4) is 0 Å². The zero-order valence-electron chi connectivity index (χ0n) is 12.0. The Bertz CT molecular complexity index is 491. The van der Waals surface area contributed by atoms with Gasteiger partial charge < -0.3 is 10.6 Å². The number of amides is 1. The van der Waals surface area contributed by atoms with Gasteiger partial charge in [0.25, 0.3) is 5.69 Å². The van der Waals surface area contributed by atoms with Gasteiger partial charge in [-0.1, -0.05) is 6.92 Å². The molecule has 0 spiro atoms. The highest BCUT2D eigenvalue weighted by atomic mass is 16.6. The number of carbonyl (C=O) groups is 1. The predicted molar refractivity (Wildman–Crippen MR) is 76.6 cm³/mol. The third-order valence-electron chi connectivity index (χ3n) is 2.95. The largest absolute Gasteiger partial charge is 0.369 e. The second kappa shape index (κ2) is 7.42. The van der Waals surface area contributed by atoms with Crippen LogP contribution in [0.3, 0.4) is 0 Å². The van der Waals surface area contributed by atoms with E-state index < -0.39 is 4.92 Å². The molecule has 0 saturated carbocycles. The second-order valence-corrected chi connectivity index (χ2v) is 4.67. The molecule has 0 aliphatic heterocycles. The van der Waals surface area contributed by atoms with Crippen molar-refractivity contribution in [2.45, 2.75) is 39.7 Å². The van der Waals surface area contributed by atoms with Crippen molar-refractivity contribution in [3.05, 3.63) is 27.9 Å². The monoisotopic (exact) mass is 280 g/mol. The Labute approximate surface area is 117 Å². The van der Waals surface area contributed by atoms with Crippen molar-refractivity contribution in [3.63, 3.8) is 0 Å². The molecule has 0 fully saturated rings. The number of nitro groups is 1. The SMILES string of the molecule is CCC(C)NC(=O)CCNc1cc([N+](=O)[O-])c(C)cn1. The Hall–Kier alpha value is -2.18. The van der Waals surface area contributed by atoms with E-state index in [1.165, 1.54) is 12.3 Å². The van der Waals surface area contributed by atoms with Gasteiger partial charge in [-0.3, -0.25) is 14.9 Å². The van der Waals surface area contributed by atoms with E-state index in [9.17, 15) is 14.9 Å². The molecule has 1 amide bonds. The molecule has 0 aliphatic rings. The van der Waals surface area contributed by atoms with Crippen LogP contribution in [-0.4, -0.2) is 28.4 Å². The minimum atomic E-state index is -0.447. The van der Waals surface area contributed by atoms with Crippen molar-refractivity contribution in [2.24, 2.45) is 0 Å². The molecule has 1 aromatic heterocycles. The number of anilines is 1. The predicted octanol–water partition coefficient (Wildman–Crippen LogP) is 2.01. The highest BCUT2D eigenvalue weighted by Crippen LogP contribution is 2.19. The summed E-state index contributed by atoms with van der Waals surface area (Å²) in [6.45, 7) is 5.96. The molecule has 0 saturated heterocycles. The van der Waals surface area contributed by atoms with Crippen molar-refractivity contribution in [1.29, 1.82) is 0 Å². The van der Waals surface area contributed by atoms with Gasteiger partial charge in [0.05, 0.1) is 11.0 Å². The van der Waals surface area contributed by atoms with Gasteiger partial charge in [-0.2, -0.15) is 0 Å². The van der Waals surface area contributed by atoms with Crippen LogP contribution in [-0.2, 0) is 4.79 Å². The minimum absolute atomic E-state index is 0.0200. The fourth-order valence-electron chi connectivity index (χ4n) is 1.56. The number of hydrogen-bond donors (Lipinski definition) is 2. The van der Waals surface area contributed by atoms with Gasteiger partial charge in [-0.15, -0.1) is 0 Å². The van der Waals surface area contributed by atoms with E-state index in [0.29, 0.717) is 24.3 Å². The van der Waals surface area contributed by atoms with Crippen molar-refractivity contribution in [1.82, 2.24) is 10.3 Å². The molecule has 1 atom stereocenters. The maximum atomic E-state index is 11.6. The van der Waals surface area contributed by atoms with Gasteiger partial charge in [-0.25, -0.2) is 4.98 Å². The number of nitrogens with zero attached hydrogens (tertiary/aromatic N) is 2. The lowest BCUT2D eigenvalue weighted by Gasteiger charge is -2.11. The number of aryl methyl sites for hydroxylation is 1. The number of aromatic nitrogens is 1. The van der Waals surface area contributed by atoms with Crippen LogP contribution in [0.25, 0.3) is 0 Å². The molecule has 0 bridgehead atoms. The van der Waals surface area contributed by atoms with Gasteiger partial charge in [0.15, 0.2) is 0 Å². The summed E-state index contributed by atoms with van der Waals surface area (Å²) < 4.78 is 0. The van der Waals surface area contributed by atoms with Crippen LogP contribution >= 0.6 is 0 Å². The molecule has 2 N–H and O–H groups in total. The number of pyridine rings is 1. The first-order chi connectivity index (χ1) is 9.43. The third-order valence-corrected chi connectivity index (χ3v) is 2.95. The summed E-state index contributed by atoms with van der Waals surface area (Å²) in [4.78, 5) is 25.9. The maximum absolute atomic E-state index is 11.6. The van der Waals surface area contributed by atoms with Gasteiger partial charge in [-0.05, 0) is 20.3 Å². The topological polar surface area (TPSA) is 97.2 Å². The van der Waals surface area contributed by atoms with Crippen LogP contribution in [0.2, 0.25) is 0 Å². The molecular formula is C13H20N4O3. The van der Waals surface area contributed by atoms with E-state index in [1.807, 2.05) is 13.8 Å². The first kappa shape index (κ1) is 15.9. The molecule has 0 aliphatic carbocycles. The van der Waals surface area contributed by atoms with Crippen LogP contribution < -0.4 is 10.6 Å². The lowest BCUT2D eigenvalue weighted by Crippen LogP contribution is -2.33. The fourth-order valence-corrected chi connectivity index (χ4v) is 1.56. The van der Waals surface area contributed by atoms with E-state index in [-0.39, 0.29) is 17.6 Å². The van der Waals surface area contributed by atoms with E-state index in [1.54, 1.807) is 6.92 Å². The molecule has 1 heterocycles. The quantitative estimate of drug-likeness (QED) is 0.588. The molecule has 1 unspecified atom stereocenters. The zero-order valence-corrected chi connectivity index (χ0v) is 12.0. The van der Waals surface area contributed by atoms with Gasteiger partial charge in [0, 0.05) is 30.8 Å². The Morgan fingerprint density at radius 3 is 2.85 bits per heavy atom. The normalized spacial score (nSPS) is 11.8. The van der Waals surface area contributed by atoms with Crippen molar-refractivity contribution in [2.75, 3.05) is 11.9 Å². The average molecular weight is 280 g/mol. The van der Waals surface area contributed by atoms with Crippen LogP contribution in [0.4, 0.5) is 11.5 Å². The lowest BCUT2D eigenvalue weighted by molar-refractivity contribution is -0.385. The summed E-state index contributed by atoms with van der Waals surface area (Å²) in [7, 11) is 0. The zero-order chi connectivity index (χ0) is 15.1. The highest BCUT2D eigenvalue weighted by molar-refractivity contribution is 5.76. The highest BCUT2D eigenvalue weighted by Gasteiger charge is 2.12. The number of nitrogens with one attached hydrogen (secondary N) is 2. The average Bonchev–Trinajstić information content (AvgIpc) is 2.40. The molecule has 1 aromatic rings. The Balaban J connectivity index is 2.48. The summed E-state index contributed by atoms with van der Waals surface area (Å²) in [6.07, 6.45) is 2.62. The molecule has 1 rings (SSSR count). The van der Waals surface area contributed by atoms with Gasteiger partial charge in [0.1, 0.15) is 5.82 Å². The standard InChI is InChI=1S/C13H20N4O3/c1-4-10(3)16-13(18)5-6-14-12-7-11(17(19)20)9(2)8-15-12/h7-8,10H,4-6H2,1-3H3,(H,14,15)(H,16,18). The molecule has 110 valence electrons. The summed E-state index contributed by atoms with van der Waals surface area (Å²) in [5, 5.41) is 16.6. The molecule has 20 heavy (non-hydrogen) atoms. The third kappa shape index (κ3) is 4.83. The van der Waals surface area contributed by atoms with Crippen LogP contribution in [0.15, 0.2) is 12.3 Å². The molecule has 0 aromatic carbocycles. The second-order valence-electron chi connectivity index (χ2n) is 4.67. The number of rotatable bonds is 7. The van der Waals surface area contributed by atoms with Crippen LogP contribution in [0.5, 0.6) is 0 Å². The van der Waals surface area contributed by atoms with Gasteiger partial charge in [0.2, 0.25) is 5.91 Å². The smallest absolute Gasteiger partial charge is 0.277 e. The summed E-state index contributed by atoms with van der Waals surface area (Å²) in [5.41, 5.74) is 0.529. The Morgan fingerprint density at radius 2 is 2.25 bits per heavy atom. The molecule has 7 nitrogen and oxygen atoms in total. The first-order valence-electron chi connectivity index (χ1n) is 6.58. The number of carbonyl (C=O) groups excluding carboxylic acids is 1. The molecule has 7 heteroatoms. The minimum Gasteiger partial charge on any atom is -0.369 e. The van der Waals surface area contributed by atoms with E-state index in [2.05, 4.69) is 15.6 Å². The van der Waals surface area contributed by atoms with Gasteiger partial charge >= 0.3 is 0 Å². The Kier molecular flexibility index (Phi) is 5.89.